The van der Waals surface area contributed by atoms with Gasteiger partial charge in [0.25, 0.3) is 0 Å². The first kappa shape index (κ1) is 17.6. The van der Waals surface area contributed by atoms with E-state index in [1.165, 1.54) is 0 Å². The van der Waals surface area contributed by atoms with Gasteiger partial charge in [-0.3, -0.25) is 4.79 Å². The van der Waals surface area contributed by atoms with Crippen molar-refractivity contribution >= 4 is 23.5 Å². The number of amides is 1. The minimum atomic E-state index is -0.0256. The summed E-state index contributed by atoms with van der Waals surface area (Å²) in [7, 11) is 0. The van der Waals surface area contributed by atoms with Gasteiger partial charge in [-0.1, -0.05) is 20.8 Å². The number of pyridine rings is 1. The number of thioether (sulfide) groups is 1. The Labute approximate surface area is 142 Å². The molecular formula is C17H24N4OS. The van der Waals surface area contributed by atoms with Crippen LogP contribution in [0, 0.1) is 17.2 Å². The Bertz CT molecular complexity index is 651. The van der Waals surface area contributed by atoms with Crippen LogP contribution in [0.1, 0.15) is 43.2 Å². The van der Waals surface area contributed by atoms with E-state index in [0.29, 0.717) is 36.1 Å². The summed E-state index contributed by atoms with van der Waals surface area (Å²) in [5.74, 6) is 0.440. The van der Waals surface area contributed by atoms with E-state index in [4.69, 9.17) is 5.73 Å². The number of nitrogen functional groups attached to an aromatic ring is 1. The highest BCUT2D eigenvalue weighted by Gasteiger charge is 2.28. The molecule has 2 N–H and O–H groups in total. The summed E-state index contributed by atoms with van der Waals surface area (Å²) in [6, 6.07) is 2.21. The normalized spacial score (nSPS) is 15.2. The fraction of sp³-hybridized carbons (Fsp3) is 0.588. The number of rotatable bonds is 4. The molecule has 1 amide bonds. The summed E-state index contributed by atoms with van der Waals surface area (Å²) in [4.78, 5) is 18.6. The standard InChI is InChI=1S/C17H24N4OS/c1-10(2)17(22)21-6-5-15-14(9-21)12(7-11(3)23-4)13(8-18)16(19)20-15/h10-11H,5-7,9H2,1-4H3,(H2,19,20). The molecule has 0 aliphatic carbocycles. The number of hydrogen-bond acceptors (Lipinski definition) is 5. The zero-order chi connectivity index (χ0) is 17.1. The molecule has 0 fully saturated rings. The summed E-state index contributed by atoms with van der Waals surface area (Å²) in [5, 5.41) is 9.87. The molecule has 2 heterocycles. The summed E-state index contributed by atoms with van der Waals surface area (Å²) in [6.07, 6.45) is 3.52. The van der Waals surface area contributed by atoms with Crippen LogP contribution in [-0.4, -0.2) is 33.8 Å². The van der Waals surface area contributed by atoms with Crippen molar-refractivity contribution in [3.63, 3.8) is 0 Å². The predicted molar refractivity (Wildman–Crippen MR) is 94.0 cm³/mol. The third kappa shape index (κ3) is 3.61. The van der Waals surface area contributed by atoms with E-state index in [2.05, 4.69) is 24.2 Å². The van der Waals surface area contributed by atoms with E-state index < -0.39 is 0 Å². The van der Waals surface area contributed by atoms with Crippen LogP contribution in [-0.2, 0) is 24.2 Å². The number of carbonyl (C=O) groups is 1. The Kier molecular flexibility index (Phi) is 5.53. The largest absolute Gasteiger partial charge is 0.383 e. The van der Waals surface area contributed by atoms with Crippen LogP contribution in [0.2, 0.25) is 0 Å². The Morgan fingerprint density at radius 1 is 1.48 bits per heavy atom. The third-order valence-corrected chi connectivity index (χ3v) is 5.28. The van der Waals surface area contributed by atoms with E-state index in [0.717, 1.165) is 23.2 Å². The minimum absolute atomic E-state index is 0.0256. The number of nitrogens with two attached hydrogens (primary N) is 1. The first-order chi connectivity index (χ1) is 10.9. The van der Waals surface area contributed by atoms with E-state index >= 15 is 0 Å². The Balaban J connectivity index is 2.47. The fourth-order valence-electron chi connectivity index (χ4n) is 2.93. The number of anilines is 1. The van der Waals surface area contributed by atoms with Crippen molar-refractivity contribution in [3.8, 4) is 6.07 Å². The quantitative estimate of drug-likeness (QED) is 0.915. The number of carbonyl (C=O) groups excluding carboxylic acids is 1. The van der Waals surface area contributed by atoms with Gasteiger partial charge in [0.05, 0.1) is 5.56 Å². The zero-order valence-corrected chi connectivity index (χ0v) is 15.0. The highest BCUT2D eigenvalue weighted by Crippen LogP contribution is 2.30. The van der Waals surface area contributed by atoms with Gasteiger partial charge in [0.2, 0.25) is 5.91 Å². The molecule has 1 aliphatic heterocycles. The molecule has 6 heteroatoms. The fourth-order valence-corrected chi connectivity index (χ4v) is 3.26. The molecule has 5 nitrogen and oxygen atoms in total. The molecule has 1 atom stereocenters. The predicted octanol–water partition coefficient (Wildman–Crippen LogP) is 2.37. The van der Waals surface area contributed by atoms with Crippen molar-refractivity contribution < 1.29 is 4.79 Å². The highest BCUT2D eigenvalue weighted by atomic mass is 32.2. The van der Waals surface area contributed by atoms with Gasteiger partial charge in [-0.25, -0.2) is 4.98 Å². The van der Waals surface area contributed by atoms with Gasteiger partial charge in [-0.05, 0) is 23.8 Å². The summed E-state index contributed by atoms with van der Waals surface area (Å²) < 4.78 is 0. The first-order valence-electron chi connectivity index (χ1n) is 7.90. The van der Waals surface area contributed by atoms with Crippen molar-refractivity contribution in [1.29, 1.82) is 5.26 Å². The highest BCUT2D eigenvalue weighted by molar-refractivity contribution is 7.99. The monoisotopic (exact) mass is 332 g/mol. The van der Waals surface area contributed by atoms with Crippen LogP contribution in [0.5, 0.6) is 0 Å². The van der Waals surface area contributed by atoms with E-state index in [1.54, 1.807) is 11.8 Å². The second-order valence-electron chi connectivity index (χ2n) is 6.30. The zero-order valence-electron chi connectivity index (χ0n) is 14.2. The van der Waals surface area contributed by atoms with Gasteiger partial charge in [-0.15, -0.1) is 0 Å². The molecule has 0 saturated carbocycles. The second-order valence-corrected chi connectivity index (χ2v) is 7.58. The molecule has 0 spiro atoms. The number of hydrogen-bond donors (Lipinski definition) is 1. The van der Waals surface area contributed by atoms with Gasteiger partial charge < -0.3 is 10.6 Å². The van der Waals surface area contributed by atoms with Crippen molar-refractivity contribution in [2.75, 3.05) is 18.5 Å². The topological polar surface area (TPSA) is 83.0 Å². The molecule has 0 aromatic carbocycles. The average Bonchev–Trinajstić information content (AvgIpc) is 2.53. The summed E-state index contributed by atoms with van der Waals surface area (Å²) >= 11 is 1.76. The number of fused-ring (bicyclic) bond motifs is 1. The molecule has 23 heavy (non-hydrogen) atoms. The molecule has 0 bridgehead atoms. The minimum Gasteiger partial charge on any atom is -0.383 e. The van der Waals surface area contributed by atoms with Gasteiger partial charge in [0.1, 0.15) is 11.9 Å². The molecule has 0 saturated heterocycles. The maximum Gasteiger partial charge on any atom is 0.225 e. The lowest BCUT2D eigenvalue weighted by molar-refractivity contribution is -0.135. The first-order valence-corrected chi connectivity index (χ1v) is 9.19. The number of aromatic nitrogens is 1. The van der Waals surface area contributed by atoms with Crippen molar-refractivity contribution in [2.24, 2.45) is 5.92 Å². The van der Waals surface area contributed by atoms with Gasteiger partial charge >= 0.3 is 0 Å². The molecule has 124 valence electrons. The molecular weight excluding hydrogens is 308 g/mol. The maximum absolute atomic E-state index is 12.3. The Hall–Kier alpha value is -1.74. The van der Waals surface area contributed by atoms with Gasteiger partial charge in [0.15, 0.2) is 0 Å². The van der Waals surface area contributed by atoms with Crippen LogP contribution >= 0.6 is 11.8 Å². The average molecular weight is 332 g/mol. The van der Waals surface area contributed by atoms with Crippen LogP contribution < -0.4 is 5.73 Å². The SMILES string of the molecule is CSC(C)Cc1c(C#N)c(N)nc2c1CN(C(=O)C(C)C)CC2. The molecule has 1 aromatic heterocycles. The second kappa shape index (κ2) is 7.22. The van der Waals surface area contributed by atoms with Crippen LogP contribution in [0.4, 0.5) is 5.82 Å². The van der Waals surface area contributed by atoms with Crippen molar-refractivity contribution in [1.82, 2.24) is 9.88 Å². The van der Waals surface area contributed by atoms with E-state index in [9.17, 15) is 10.1 Å². The van der Waals surface area contributed by atoms with E-state index in [-0.39, 0.29) is 11.8 Å². The third-order valence-electron chi connectivity index (χ3n) is 4.30. The molecule has 1 aromatic rings. The Morgan fingerprint density at radius 2 is 2.17 bits per heavy atom. The molecule has 0 radical (unpaired) electrons. The Morgan fingerprint density at radius 3 is 2.74 bits per heavy atom. The van der Waals surface area contributed by atoms with Crippen LogP contribution in [0.25, 0.3) is 0 Å². The van der Waals surface area contributed by atoms with Crippen molar-refractivity contribution in [2.45, 2.75) is 45.4 Å². The summed E-state index contributed by atoms with van der Waals surface area (Å²) in [5.41, 5.74) is 9.41. The molecule has 2 rings (SSSR count). The lowest BCUT2D eigenvalue weighted by atomic mass is 9.92. The molecule has 1 aliphatic rings. The summed E-state index contributed by atoms with van der Waals surface area (Å²) in [6.45, 7) is 7.16. The van der Waals surface area contributed by atoms with Crippen LogP contribution in [0.3, 0.4) is 0 Å². The van der Waals surface area contributed by atoms with Crippen LogP contribution in [0.15, 0.2) is 0 Å². The number of nitriles is 1. The van der Waals surface area contributed by atoms with Crippen molar-refractivity contribution in [3.05, 3.63) is 22.4 Å². The lowest BCUT2D eigenvalue weighted by Crippen LogP contribution is -2.39. The molecule has 1 unspecified atom stereocenters. The lowest BCUT2D eigenvalue weighted by Gasteiger charge is -2.32. The van der Waals surface area contributed by atoms with Gasteiger partial charge in [-0.2, -0.15) is 17.0 Å². The smallest absolute Gasteiger partial charge is 0.225 e. The maximum atomic E-state index is 12.3. The number of nitrogens with zero attached hydrogens (tertiary/aromatic N) is 3. The van der Waals surface area contributed by atoms with E-state index in [1.807, 2.05) is 18.7 Å². The van der Waals surface area contributed by atoms with Gasteiger partial charge in [0, 0.05) is 36.4 Å².